The Balaban J connectivity index is 2.05. The molecule has 1 amide bonds. The Kier molecular flexibility index (Phi) is 5.17. The normalized spacial score (nSPS) is 11.9. The lowest BCUT2D eigenvalue weighted by Crippen LogP contribution is -2.34. The van der Waals surface area contributed by atoms with Crippen molar-refractivity contribution in [1.29, 1.82) is 0 Å². The highest BCUT2D eigenvalue weighted by Gasteiger charge is 2.13. The number of hydrogen-bond donors (Lipinski definition) is 1. The third-order valence-corrected chi connectivity index (χ3v) is 3.48. The van der Waals surface area contributed by atoms with Crippen LogP contribution >= 0.6 is 11.6 Å². The molecule has 110 valence electrons. The van der Waals surface area contributed by atoms with Crippen LogP contribution < -0.4 is 10.9 Å². The van der Waals surface area contributed by atoms with E-state index in [2.05, 4.69) is 5.32 Å². The van der Waals surface area contributed by atoms with Crippen molar-refractivity contribution in [2.75, 3.05) is 0 Å². The van der Waals surface area contributed by atoms with Crippen molar-refractivity contribution >= 4 is 17.5 Å². The summed E-state index contributed by atoms with van der Waals surface area (Å²) in [6, 6.07) is 12.1. The van der Waals surface area contributed by atoms with Crippen molar-refractivity contribution in [2.45, 2.75) is 25.9 Å². The number of benzene rings is 1. The van der Waals surface area contributed by atoms with Gasteiger partial charge in [-0.15, -0.1) is 0 Å². The number of carbonyl (C=O) groups excluding carboxylic acids is 1. The van der Waals surface area contributed by atoms with Crippen LogP contribution in [0.2, 0.25) is 5.02 Å². The van der Waals surface area contributed by atoms with Crippen molar-refractivity contribution in [3.8, 4) is 0 Å². The minimum Gasteiger partial charge on any atom is -0.348 e. The number of nitrogens with zero attached hydrogens (tertiary/aromatic N) is 1. The summed E-state index contributed by atoms with van der Waals surface area (Å²) in [5.74, 6) is -0.190. The summed E-state index contributed by atoms with van der Waals surface area (Å²) in [6.45, 7) is 2.01. The Morgan fingerprint density at radius 1 is 1.24 bits per heavy atom. The molecule has 2 rings (SSSR count). The van der Waals surface area contributed by atoms with Crippen LogP contribution in [0.4, 0.5) is 0 Å². The summed E-state index contributed by atoms with van der Waals surface area (Å²) in [7, 11) is 0. The molecule has 0 spiro atoms. The van der Waals surface area contributed by atoms with E-state index in [9.17, 15) is 9.59 Å². The fourth-order valence-corrected chi connectivity index (χ4v) is 2.23. The van der Waals surface area contributed by atoms with E-state index in [-0.39, 0.29) is 24.1 Å². The first kappa shape index (κ1) is 15.3. The first-order valence-corrected chi connectivity index (χ1v) is 7.18. The van der Waals surface area contributed by atoms with Crippen LogP contribution in [-0.2, 0) is 11.3 Å². The summed E-state index contributed by atoms with van der Waals surface area (Å²) in [4.78, 5) is 23.7. The molecule has 1 atom stereocenters. The average Bonchev–Trinajstić information content (AvgIpc) is 2.48. The van der Waals surface area contributed by atoms with Crippen LogP contribution in [0.5, 0.6) is 0 Å². The maximum atomic E-state index is 12.1. The van der Waals surface area contributed by atoms with Crippen LogP contribution in [0.25, 0.3) is 0 Å². The number of nitrogens with one attached hydrogen (secondary N) is 1. The lowest BCUT2D eigenvalue weighted by Gasteiger charge is -2.18. The molecule has 0 aliphatic carbocycles. The molecular formula is C16H17ClN2O2. The summed E-state index contributed by atoms with van der Waals surface area (Å²) >= 11 is 5.86. The van der Waals surface area contributed by atoms with E-state index in [0.717, 1.165) is 12.0 Å². The summed E-state index contributed by atoms with van der Waals surface area (Å²) < 4.78 is 1.38. The first-order valence-electron chi connectivity index (χ1n) is 6.80. The second-order valence-electron chi connectivity index (χ2n) is 4.75. The van der Waals surface area contributed by atoms with Gasteiger partial charge in [-0.25, -0.2) is 0 Å². The molecule has 0 bridgehead atoms. The van der Waals surface area contributed by atoms with Gasteiger partial charge in [0.1, 0.15) is 6.54 Å². The molecule has 0 fully saturated rings. The van der Waals surface area contributed by atoms with Gasteiger partial charge in [-0.1, -0.05) is 36.7 Å². The number of carbonyl (C=O) groups is 1. The smallest absolute Gasteiger partial charge is 0.250 e. The van der Waals surface area contributed by atoms with Gasteiger partial charge < -0.3 is 9.88 Å². The third kappa shape index (κ3) is 4.20. The molecule has 0 saturated heterocycles. The van der Waals surface area contributed by atoms with E-state index in [4.69, 9.17) is 11.6 Å². The maximum absolute atomic E-state index is 12.1. The molecule has 0 radical (unpaired) electrons. The van der Waals surface area contributed by atoms with Crippen LogP contribution in [0.3, 0.4) is 0 Å². The molecule has 0 saturated carbocycles. The van der Waals surface area contributed by atoms with E-state index >= 15 is 0 Å². The fraction of sp³-hybridized carbons (Fsp3) is 0.250. The van der Waals surface area contributed by atoms with Gasteiger partial charge in [0.2, 0.25) is 5.91 Å². The number of hydrogen-bond acceptors (Lipinski definition) is 2. The number of rotatable bonds is 5. The highest BCUT2D eigenvalue weighted by atomic mass is 35.5. The van der Waals surface area contributed by atoms with Crippen LogP contribution in [0, 0.1) is 0 Å². The SMILES string of the molecule is CCC(NC(=O)Cn1ccccc1=O)c1ccc(Cl)cc1. The van der Waals surface area contributed by atoms with E-state index < -0.39 is 0 Å². The molecule has 0 aliphatic heterocycles. The largest absolute Gasteiger partial charge is 0.348 e. The van der Waals surface area contributed by atoms with Gasteiger partial charge in [0.15, 0.2) is 0 Å². The van der Waals surface area contributed by atoms with Gasteiger partial charge in [0, 0.05) is 17.3 Å². The van der Waals surface area contributed by atoms with Gasteiger partial charge >= 0.3 is 0 Å². The molecule has 4 nitrogen and oxygen atoms in total. The number of halogens is 1. The number of pyridine rings is 1. The Morgan fingerprint density at radius 2 is 1.95 bits per heavy atom. The van der Waals surface area contributed by atoms with Crippen molar-refractivity contribution < 1.29 is 4.79 Å². The zero-order valence-electron chi connectivity index (χ0n) is 11.8. The number of aromatic nitrogens is 1. The highest BCUT2D eigenvalue weighted by molar-refractivity contribution is 6.30. The van der Waals surface area contributed by atoms with Gasteiger partial charge in [-0.3, -0.25) is 9.59 Å². The van der Waals surface area contributed by atoms with Crippen molar-refractivity contribution in [1.82, 2.24) is 9.88 Å². The Labute approximate surface area is 128 Å². The van der Waals surface area contributed by atoms with E-state index in [1.807, 2.05) is 19.1 Å². The van der Waals surface area contributed by atoms with Crippen LogP contribution in [0.15, 0.2) is 53.5 Å². The van der Waals surface area contributed by atoms with E-state index in [1.54, 1.807) is 30.5 Å². The predicted octanol–water partition coefficient (Wildman–Crippen LogP) is 2.77. The molecule has 2 aromatic rings. The summed E-state index contributed by atoms with van der Waals surface area (Å²) in [5, 5.41) is 3.60. The van der Waals surface area contributed by atoms with Gasteiger partial charge in [-0.2, -0.15) is 0 Å². The lowest BCUT2D eigenvalue weighted by molar-refractivity contribution is -0.122. The molecule has 1 aromatic heterocycles. The average molecular weight is 305 g/mol. The monoisotopic (exact) mass is 304 g/mol. The number of amides is 1. The zero-order valence-corrected chi connectivity index (χ0v) is 12.5. The molecular weight excluding hydrogens is 288 g/mol. The van der Waals surface area contributed by atoms with Crippen molar-refractivity contribution in [3.05, 3.63) is 69.6 Å². The molecule has 1 unspecified atom stereocenters. The molecule has 21 heavy (non-hydrogen) atoms. The maximum Gasteiger partial charge on any atom is 0.250 e. The first-order chi connectivity index (χ1) is 10.1. The lowest BCUT2D eigenvalue weighted by atomic mass is 10.0. The predicted molar refractivity (Wildman–Crippen MR) is 83.3 cm³/mol. The zero-order chi connectivity index (χ0) is 15.2. The summed E-state index contributed by atoms with van der Waals surface area (Å²) in [5.41, 5.74) is 0.808. The topological polar surface area (TPSA) is 51.1 Å². The Bertz CT molecular complexity index is 664. The standard InChI is InChI=1S/C16H17ClN2O2/c1-2-14(12-6-8-13(17)9-7-12)18-15(20)11-19-10-4-3-5-16(19)21/h3-10,14H,2,11H2,1H3,(H,18,20). The van der Waals surface area contributed by atoms with Gasteiger partial charge in [-0.05, 0) is 30.2 Å². The van der Waals surface area contributed by atoms with Crippen molar-refractivity contribution in [3.63, 3.8) is 0 Å². The van der Waals surface area contributed by atoms with E-state index in [1.165, 1.54) is 10.6 Å². The fourth-order valence-electron chi connectivity index (χ4n) is 2.10. The second kappa shape index (κ2) is 7.09. The van der Waals surface area contributed by atoms with Gasteiger partial charge in [0.05, 0.1) is 6.04 Å². The van der Waals surface area contributed by atoms with E-state index in [0.29, 0.717) is 5.02 Å². The highest BCUT2D eigenvalue weighted by Crippen LogP contribution is 2.19. The quantitative estimate of drug-likeness (QED) is 0.923. The summed E-state index contributed by atoms with van der Waals surface area (Å²) in [6.07, 6.45) is 2.36. The minimum absolute atomic E-state index is 0.0176. The molecule has 1 aromatic carbocycles. The molecule has 1 N–H and O–H groups in total. The Hall–Kier alpha value is -2.07. The Morgan fingerprint density at radius 3 is 2.57 bits per heavy atom. The second-order valence-corrected chi connectivity index (χ2v) is 5.18. The van der Waals surface area contributed by atoms with Crippen LogP contribution in [0.1, 0.15) is 24.9 Å². The molecule has 1 heterocycles. The molecule has 5 heteroatoms. The van der Waals surface area contributed by atoms with Gasteiger partial charge in [0.25, 0.3) is 5.56 Å². The minimum atomic E-state index is -0.190. The molecule has 0 aliphatic rings. The van der Waals surface area contributed by atoms with Crippen LogP contribution in [-0.4, -0.2) is 10.5 Å². The third-order valence-electron chi connectivity index (χ3n) is 3.23. The van der Waals surface area contributed by atoms with Crippen molar-refractivity contribution in [2.24, 2.45) is 0 Å².